The Morgan fingerprint density at radius 2 is 2.41 bits per heavy atom. The van der Waals surface area contributed by atoms with Crippen molar-refractivity contribution in [3.05, 3.63) is 18.5 Å². The van der Waals surface area contributed by atoms with Crippen molar-refractivity contribution < 1.29 is 4.79 Å². The molecule has 0 aliphatic heterocycles. The summed E-state index contributed by atoms with van der Waals surface area (Å²) < 4.78 is 1.81. The molecule has 1 aromatic heterocycles. The van der Waals surface area contributed by atoms with E-state index in [2.05, 4.69) is 10.4 Å². The molecule has 0 spiro atoms. The van der Waals surface area contributed by atoms with Crippen molar-refractivity contribution in [2.24, 2.45) is 11.7 Å². The van der Waals surface area contributed by atoms with Gasteiger partial charge in [0, 0.05) is 30.9 Å². The van der Waals surface area contributed by atoms with E-state index in [-0.39, 0.29) is 17.9 Å². The first-order chi connectivity index (χ1) is 8.25. The van der Waals surface area contributed by atoms with Gasteiger partial charge in [-0.1, -0.05) is 6.42 Å². The van der Waals surface area contributed by atoms with Crippen molar-refractivity contribution in [1.82, 2.24) is 15.1 Å². The van der Waals surface area contributed by atoms with E-state index in [9.17, 15) is 4.79 Å². The molecule has 1 heterocycles. The maximum absolute atomic E-state index is 11.9. The Labute approximate surface area is 101 Å². The van der Waals surface area contributed by atoms with Crippen molar-refractivity contribution >= 4 is 5.91 Å². The first-order valence-electron chi connectivity index (χ1n) is 6.26. The van der Waals surface area contributed by atoms with Crippen LogP contribution in [0.25, 0.3) is 0 Å². The Bertz CT molecular complexity index is 349. The SMILES string of the molecule is NC1CCCC(C(=O)NCCn2cccn2)C1. The molecule has 0 saturated heterocycles. The van der Waals surface area contributed by atoms with Gasteiger partial charge in [0.2, 0.25) is 5.91 Å². The number of carbonyl (C=O) groups excluding carboxylic acids is 1. The number of carbonyl (C=O) groups is 1. The minimum Gasteiger partial charge on any atom is -0.354 e. The first-order valence-corrected chi connectivity index (χ1v) is 6.26. The van der Waals surface area contributed by atoms with E-state index in [4.69, 9.17) is 5.73 Å². The quantitative estimate of drug-likeness (QED) is 0.800. The van der Waals surface area contributed by atoms with Crippen molar-refractivity contribution in [2.45, 2.75) is 38.3 Å². The fraction of sp³-hybridized carbons (Fsp3) is 0.667. The predicted molar refractivity (Wildman–Crippen MR) is 65.2 cm³/mol. The number of aromatic nitrogens is 2. The summed E-state index contributed by atoms with van der Waals surface area (Å²) >= 11 is 0. The molecule has 5 heteroatoms. The number of hydrogen-bond donors (Lipinski definition) is 2. The smallest absolute Gasteiger partial charge is 0.223 e. The lowest BCUT2D eigenvalue weighted by molar-refractivity contribution is -0.126. The van der Waals surface area contributed by atoms with Crippen LogP contribution in [0.5, 0.6) is 0 Å². The van der Waals surface area contributed by atoms with Crippen LogP contribution in [-0.2, 0) is 11.3 Å². The van der Waals surface area contributed by atoms with Crippen LogP contribution in [0.15, 0.2) is 18.5 Å². The van der Waals surface area contributed by atoms with Crippen LogP contribution in [-0.4, -0.2) is 28.3 Å². The summed E-state index contributed by atoms with van der Waals surface area (Å²) in [6, 6.07) is 2.08. The van der Waals surface area contributed by atoms with Crippen LogP contribution in [0.2, 0.25) is 0 Å². The molecule has 0 bridgehead atoms. The Morgan fingerprint density at radius 1 is 1.53 bits per heavy atom. The monoisotopic (exact) mass is 236 g/mol. The molecule has 3 N–H and O–H groups in total. The highest BCUT2D eigenvalue weighted by molar-refractivity contribution is 5.78. The summed E-state index contributed by atoms with van der Waals surface area (Å²) in [5.41, 5.74) is 5.87. The van der Waals surface area contributed by atoms with Crippen LogP contribution >= 0.6 is 0 Å². The van der Waals surface area contributed by atoms with E-state index in [0.29, 0.717) is 6.54 Å². The zero-order valence-electron chi connectivity index (χ0n) is 10.0. The van der Waals surface area contributed by atoms with Crippen LogP contribution in [0.3, 0.4) is 0 Å². The number of rotatable bonds is 4. The van der Waals surface area contributed by atoms with E-state index >= 15 is 0 Å². The Kier molecular flexibility index (Phi) is 4.14. The van der Waals surface area contributed by atoms with Gasteiger partial charge in [-0.25, -0.2) is 0 Å². The highest BCUT2D eigenvalue weighted by atomic mass is 16.1. The summed E-state index contributed by atoms with van der Waals surface area (Å²) in [7, 11) is 0. The molecule has 1 aliphatic rings. The van der Waals surface area contributed by atoms with Crippen molar-refractivity contribution in [3.63, 3.8) is 0 Å². The molecule has 1 saturated carbocycles. The highest BCUT2D eigenvalue weighted by Crippen LogP contribution is 2.22. The van der Waals surface area contributed by atoms with Crippen LogP contribution in [0, 0.1) is 5.92 Å². The van der Waals surface area contributed by atoms with Gasteiger partial charge in [0.15, 0.2) is 0 Å². The zero-order valence-corrected chi connectivity index (χ0v) is 10.0. The maximum Gasteiger partial charge on any atom is 0.223 e. The van der Waals surface area contributed by atoms with Crippen LogP contribution < -0.4 is 11.1 Å². The second kappa shape index (κ2) is 5.82. The van der Waals surface area contributed by atoms with Gasteiger partial charge < -0.3 is 11.1 Å². The van der Waals surface area contributed by atoms with E-state index in [0.717, 1.165) is 32.2 Å². The second-order valence-electron chi connectivity index (χ2n) is 4.68. The molecule has 94 valence electrons. The largest absolute Gasteiger partial charge is 0.354 e. The summed E-state index contributed by atoms with van der Waals surface area (Å²) in [5, 5.41) is 7.04. The molecule has 2 rings (SSSR count). The average Bonchev–Trinajstić information content (AvgIpc) is 2.82. The van der Waals surface area contributed by atoms with Crippen LogP contribution in [0.1, 0.15) is 25.7 Å². The zero-order chi connectivity index (χ0) is 12.1. The van der Waals surface area contributed by atoms with E-state index in [1.807, 2.05) is 16.9 Å². The first kappa shape index (κ1) is 12.1. The summed E-state index contributed by atoms with van der Waals surface area (Å²) in [4.78, 5) is 11.9. The minimum atomic E-state index is 0.108. The lowest BCUT2D eigenvalue weighted by Crippen LogP contribution is -2.38. The molecule has 1 aromatic rings. The Balaban J connectivity index is 1.70. The normalized spacial score (nSPS) is 24.5. The van der Waals surface area contributed by atoms with Gasteiger partial charge in [-0.15, -0.1) is 0 Å². The maximum atomic E-state index is 11.9. The lowest BCUT2D eigenvalue weighted by Gasteiger charge is -2.25. The van der Waals surface area contributed by atoms with Crippen molar-refractivity contribution in [2.75, 3.05) is 6.54 Å². The second-order valence-corrected chi connectivity index (χ2v) is 4.68. The standard InChI is InChI=1S/C12H20N4O/c13-11-4-1-3-10(9-11)12(17)14-6-8-16-7-2-5-15-16/h2,5,7,10-11H,1,3-4,6,8-9,13H2,(H,14,17). The van der Waals surface area contributed by atoms with Crippen molar-refractivity contribution in [1.29, 1.82) is 0 Å². The van der Waals surface area contributed by atoms with Gasteiger partial charge in [-0.05, 0) is 25.3 Å². The van der Waals surface area contributed by atoms with Gasteiger partial charge in [-0.2, -0.15) is 5.10 Å². The number of nitrogens with one attached hydrogen (secondary N) is 1. The summed E-state index contributed by atoms with van der Waals surface area (Å²) in [6.07, 6.45) is 7.55. The summed E-state index contributed by atoms with van der Waals surface area (Å²) in [6.45, 7) is 1.35. The number of amides is 1. The topological polar surface area (TPSA) is 72.9 Å². The minimum absolute atomic E-state index is 0.108. The number of nitrogens with two attached hydrogens (primary N) is 1. The van der Waals surface area contributed by atoms with Gasteiger partial charge in [-0.3, -0.25) is 9.48 Å². The predicted octanol–water partition coefficient (Wildman–Crippen LogP) is 0.517. The van der Waals surface area contributed by atoms with E-state index in [1.54, 1.807) is 6.20 Å². The Morgan fingerprint density at radius 3 is 3.12 bits per heavy atom. The Hall–Kier alpha value is -1.36. The van der Waals surface area contributed by atoms with E-state index in [1.165, 1.54) is 0 Å². The molecule has 0 radical (unpaired) electrons. The fourth-order valence-corrected chi connectivity index (χ4v) is 2.34. The molecule has 5 nitrogen and oxygen atoms in total. The molecule has 17 heavy (non-hydrogen) atoms. The third-order valence-electron chi connectivity index (χ3n) is 3.28. The molecule has 1 amide bonds. The third kappa shape index (κ3) is 3.56. The molecule has 2 unspecified atom stereocenters. The molecular weight excluding hydrogens is 216 g/mol. The lowest BCUT2D eigenvalue weighted by atomic mass is 9.85. The number of nitrogens with zero attached hydrogens (tertiary/aromatic N) is 2. The van der Waals surface area contributed by atoms with E-state index < -0.39 is 0 Å². The summed E-state index contributed by atoms with van der Waals surface area (Å²) in [5.74, 6) is 0.253. The van der Waals surface area contributed by atoms with Crippen molar-refractivity contribution in [3.8, 4) is 0 Å². The van der Waals surface area contributed by atoms with Gasteiger partial charge in [0.05, 0.1) is 6.54 Å². The molecule has 0 aromatic carbocycles. The van der Waals surface area contributed by atoms with Gasteiger partial charge in [0.1, 0.15) is 0 Å². The molecule has 1 fully saturated rings. The molecule has 1 aliphatic carbocycles. The van der Waals surface area contributed by atoms with Crippen LogP contribution in [0.4, 0.5) is 0 Å². The third-order valence-corrected chi connectivity index (χ3v) is 3.28. The highest BCUT2D eigenvalue weighted by Gasteiger charge is 2.24. The van der Waals surface area contributed by atoms with Gasteiger partial charge in [0.25, 0.3) is 0 Å². The van der Waals surface area contributed by atoms with Gasteiger partial charge >= 0.3 is 0 Å². The molecular formula is C12H20N4O. The average molecular weight is 236 g/mol. The fourth-order valence-electron chi connectivity index (χ4n) is 2.34. The molecule has 2 atom stereocenters. The number of hydrogen-bond acceptors (Lipinski definition) is 3.